The number of hydrogen-bond donors (Lipinski definition) is 0. The second-order valence-corrected chi connectivity index (χ2v) is 3.60. The maximum absolute atomic E-state index is 4.42. The predicted molar refractivity (Wildman–Crippen MR) is 65.0 cm³/mol. The van der Waals surface area contributed by atoms with Crippen LogP contribution < -0.4 is 0 Å². The Bertz CT molecular complexity index is 612. The third-order valence-corrected chi connectivity index (χ3v) is 2.57. The Kier molecular flexibility index (Phi) is 2.11. The minimum Gasteiger partial charge on any atom is -0.256 e. The monoisotopic (exact) mass is 206 g/mol. The van der Waals surface area contributed by atoms with Crippen LogP contribution in [0.4, 0.5) is 0 Å². The van der Waals surface area contributed by atoms with Crippen LogP contribution in [0.5, 0.6) is 0 Å². The fourth-order valence-electron chi connectivity index (χ4n) is 1.83. The van der Waals surface area contributed by atoms with Crippen LogP contribution in [0.25, 0.3) is 22.2 Å². The van der Waals surface area contributed by atoms with Gasteiger partial charge in [0.15, 0.2) is 0 Å². The molecule has 0 saturated carbocycles. The first-order valence-corrected chi connectivity index (χ1v) is 5.20. The first kappa shape index (κ1) is 9.04. The molecule has 2 nitrogen and oxygen atoms in total. The number of nitrogens with zero attached hydrogens (tertiary/aromatic N) is 2. The minimum absolute atomic E-state index is 0.965. The van der Waals surface area contributed by atoms with Crippen molar-refractivity contribution in [1.82, 2.24) is 9.97 Å². The lowest BCUT2D eigenvalue weighted by molar-refractivity contribution is 1.32. The number of hydrogen-bond acceptors (Lipinski definition) is 2. The van der Waals surface area contributed by atoms with Gasteiger partial charge in [0.1, 0.15) is 0 Å². The van der Waals surface area contributed by atoms with Crippen LogP contribution in [0.15, 0.2) is 60.9 Å². The zero-order valence-corrected chi connectivity index (χ0v) is 8.67. The molecule has 0 aliphatic carbocycles. The molecule has 2 aromatic heterocycles. The number of aromatic nitrogens is 2. The fraction of sp³-hybridized carbons (Fsp3) is 0. The first-order chi connectivity index (χ1) is 7.95. The molecule has 0 spiro atoms. The van der Waals surface area contributed by atoms with Gasteiger partial charge < -0.3 is 0 Å². The Balaban J connectivity index is 2.32. The van der Waals surface area contributed by atoms with Gasteiger partial charge in [-0.1, -0.05) is 30.3 Å². The molecular formula is C14H10N2. The maximum atomic E-state index is 4.42. The Hall–Kier alpha value is -2.22. The summed E-state index contributed by atoms with van der Waals surface area (Å²) in [5, 5.41) is 1.14. The van der Waals surface area contributed by atoms with E-state index in [2.05, 4.69) is 28.2 Å². The average molecular weight is 206 g/mol. The SMILES string of the molecule is c1ccc(-c2cccc3cccnc23)nc1. The van der Waals surface area contributed by atoms with Gasteiger partial charge in [0.25, 0.3) is 0 Å². The number of benzene rings is 1. The lowest BCUT2D eigenvalue weighted by atomic mass is 10.1. The van der Waals surface area contributed by atoms with Gasteiger partial charge >= 0.3 is 0 Å². The molecule has 0 radical (unpaired) electrons. The van der Waals surface area contributed by atoms with Gasteiger partial charge in [-0.25, -0.2) is 0 Å². The molecule has 0 N–H and O–H groups in total. The quantitative estimate of drug-likeness (QED) is 0.610. The highest BCUT2D eigenvalue weighted by atomic mass is 14.7. The molecule has 0 unspecified atom stereocenters. The summed E-state index contributed by atoms with van der Waals surface area (Å²) in [6, 6.07) is 16.1. The van der Waals surface area contributed by atoms with E-state index in [9.17, 15) is 0 Å². The molecule has 0 saturated heterocycles. The molecule has 0 amide bonds. The van der Waals surface area contributed by atoms with E-state index in [0.717, 1.165) is 22.2 Å². The van der Waals surface area contributed by atoms with Gasteiger partial charge in [0.05, 0.1) is 11.2 Å². The van der Waals surface area contributed by atoms with Gasteiger partial charge in [-0.3, -0.25) is 9.97 Å². The molecule has 0 aliphatic rings. The van der Waals surface area contributed by atoms with Crippen LogP contribution in [-0.2, 0) is 0 Å². The Morgan fingerprint density at radius 1 is 0.688 bits per heavy atom. The molecule has 0 fully saturated rings. The van der Waals surface area contributed by atoms with Crippen molar-refractivity contribution >= 4 is 10.9 Å². The average Bonchev–Trinajstić information content (AvgIpc) is 2.39. The van der Waals surface area contributed by atoms with Crippen molar-refractivity contribution in [2.75, 3.05) is 0 Å². The van der Waals surface area contributed by atoms with Gasteiger partial charge in [0, 0.05) is 23.3 Å². The highest BCUT2D eigenvalue weighted by Crippen LogP contribution is 2.24. The lowest BCUT2D eigenvalue weighted by Gasteiger charge is -2.04. The second kappa shape index (κ2) is 3.74. The van der Waals surface area contributed by atoms with Crippen LogP contribution in [0.3, 0.4) is 0 Å². The molecule has 3 rings (SSSR count). The Morgan fingerprint density at radius 3 is 2.44 bits per heavy atom. The smallest absolute Gasteiger partial charge is 0.0795 e. The molecule has 1 aromatic carbocycles. The van der Waals surface area contributed by atoms with E-state index in [1.54, 1.807) is 6.20 Å². The summed E-state index contributed by atoms with van der Waals surface area (Å²) in [7, 11) is 0. The van der Waals surface area contributed by atoms with Crippen molar-refractivity contribution in [3.05, 3.63) is 60.9 Å². The van der Waals surface area contributed by atoms with Crippen molar-refractivity contribution in [2.45, 2.75) is 0 Å². The summed E-state index contributed by atoms with van der Waals surface area (Å²) in [5.74, 6) is 0. The van der Waals surface area contributed by atoms with Crippen molar-refractivity contribution in [2.24, 2.45) is 0 Å². The summed E-state index contributed by atoms with van der Waals surface area (Å²) >= 11 is 0. The molecule has 2 heterocycles. The number of para-hydroxylation sites is 1. The first-order valence-electron chi connectivity index (χ1n) is 5.20. The van der Waals surface area contributed by atoms with Crippen LogP contribution >= 0.6 is 0 Å². The van der Waals surface area contributed by atoms with E-state index >= 15 is 0 Å². The molecule has 0 atom stereocenters. The minimum atomic E-state index is 0.965. The molecule has 3 aromatic rings. The number of rotatable bonds is 1. The molecule has 76 valence electrons. The summed E-state index contributed by atoms with van der Waals surface area (Å²) in [6.45, 7) is 0. The second-order valence-electron chi connectivity index (χ2n) is 3.60. The van der Waals surface area contributed by atoms with Crippen LogP contribution in [0.1, 0.15) is 0 Å². The van der Waals surface area contributed by atoms with E-state index < -0.39 is 0 Å². The molecule has 16 heavy (non-hydrogen) atoms. The van der Waals surface area contributed by atoms with Crippen molar-refractivity contribution < 1.29 is 0 Å². The van der Waals surface area contributed by atoms with E-state index in [-0.39, 0.29) is 0 Å². The fourth-order valence-corrected chi connectivity index (χ4v) is 1.83. The van der Waals surface area contributed by atoms with Crippen molar-refractivity contribution in [1.29, 1.82) is 0 Å². The van der Waals surface area contributed by atoms with E-state index in [1.165, 1.54) is 0 Å². The molecule has 0 aliphatic heterocycles. The zero-order valence-electron chi connectivity index (χ0n) is 8.67. The summed E-state index contributed by atoms with van der Waals surface area (Å²) in [4.78, 5) is 8.78. The summed E-state index contributed by atoms with van der Waals surface area (Å²) < 4.78 is 0. The van der Waals surface area contributed by atoms with E-state index in [4.69, 9.17) is 0 Å². The van der Waals surface area contributed by atoms with Crippen molar-refractivity contribution in [3.63, 3.8) is 0 Å². The third kappa shape index (κ3) is 1.44. The summed E-state index contributed by atoms with van der Waals surface area (Å²) in [6.07, 6.45) is 3.62. The zero-order chi connectivity index (χ0) is 10.8. The maximum Gasteiger partial charge on any atom is 0.0795 e. The molecule has 2 heteroatoms. The standard InChI is InChI=1S/C14H10N2/c1-2-9-15-13(8-1)12-7-3-5-11-6-4-10-16-14(11)12/h1-10H. The summed E-state index contributed by atoms with van der Waals surface area (Å²) in [5.41, 5.74) is 3.05. The predicted octanol–water partition coefficient (Wildman–Crippen LogP) is 3.30. The normalized spacial score (nSPS) is 10.5. The van der Waals surface area contributed by atoms with Crippen LogP contribution in [0, 0.1) is 0 Å². The van der Waals surface area contributed by atoms with Crippen LogP contribution in [-0.4, -0.2) is 9.97 Å². The van der Waals surface area contributed by atoms with E-state index in [0.29, 0.717) is 0 Å². The number of pyridine rings is 2. The van der Waals surface area contributed by atoms with Gasteiger partial charge in [0.2, 0.25) is 0 Å². The van der Waals surface area contributed by atoms with Gasteiger partial charge in [-0.2, -0.15) is 0 Å². The van der Waals surface area contributed by atoms with E-state index in [1.807, 2.05) is 36.5 Å². The Labute approximate surface area is 93.6 Å². The highest BCUT2D eigenvalue weighted by molar-refractivity contribution is 5.92. The number of fused-ring (bicyclic) bond motifs is 1. The Morgan fingerprint density at radius 2 is 1.56 bits per heavy atom. The topological polar surface area (TPSA) is 25.8 Å². The highest BCUT2D eigenvalue weighted by Gasteiger charge is 2.04. The van der Waals surface area contributed by atoms with Crippen molar-refractivity contribution in [3.8, 4) is 11.3 Å². The van der Waals surface area contributed by atoms with Crippen LogP contribution in [0.2, 0.25) is 0 Å². The largest absolute Gasteiger partial charge is 0.256 e. The van der Waals surface area contributed by atoms with Gasteiger partial charge in [-0.15, -0.1) is 0 Å². The molecular weight excluding hydrogens is 196 g/mol. The molecule has 0 bridgehead atoms. The third-order valence-electron chi connectivity index (χ3n) is 2.57. The lowest BCUT2D eigenvalue weighted by Crippen LogP contribution is -1.86. The van der Waals surface area contributed by atoms with Gasteiger partial charge in [-0.05, 0) is 18.2 Å².